The summed E-state index contributed by atoms with van der Waals surface area (Å²) in [7, 11) is 0. The molecule has 0 aliphatic heterocycles. The molecule has 98 valence electrons. The van der Waals surface area contributed by atoms with Gasteiger partial charge in [-0.25, -0.2) is 0 Å². The fraction of sp³-hybridized carbons (Fsp3) is 0.200. The van der Waals surface area contributed by atoms with E-state index >= 15 is 0 Å². The molecule has 2 aromatic rings. The fourth-order valence-corrected chi connectivity index (χ4v) is 3.12. The van der Waals surface area contributed by atoms with Gasteiger partial charge in [0.25, 0.3) is 0 Å². The van der Waals surface area contributed by atoms with Gasteiger partial charge in [0, 0.05) is 15.2 Å². The average Bonchev–Trinajstić information content (AvgIpc) is 2.76. The molecule has 3 N–H and O–H groups in total. The number of hydrogen-bond acceptors (Lipinski definition) is 2. The van der Waals surface area contributed by atoms with Gasteiger partial charge in [0.05, 0.1) is 11.7 Å². The van der Waals surface area contributed by atoms with Gasteiger partial charge < -0.3 is 11.1 Å². The maximum atomic E-state index is 6.05. The molecule has 0 aromatic heterocycles. The molecule has 1 aliphatic carbocycles. The molecule has 0 saturated carbocycles. The minimum atomic E-state index is 0.324. The van der Waals surface area contributed by atoms with E-state index in [-0.39, 0.29) is 0 Å². The summed E-state index contributed by atoms with van der Waals surface area (Å²) in [6, 6.07) is 12.3. The molecule has 1 unspecified atom stereocenters. The summed E-state index contributed by atoms with van der Waals surface area (Å²) in [6.45, 7) is 0. The van der Waals surface area contributed by atoms with Crippen LogP contribution in [0, 0.1) is 0 Å². The molecule has 0 amide bonds. The Hall–Kier alpha value is -1.19. The minimum absolute atomic E-state index is 0.324. The van der Waals surface area contributed by atoms with Crippen LogP contribution in [0.25, 0.3) is 0 Å². The number of fused-ring (bicyclic) bond motifs is 1. The second-order valence-corrected chi connectivity index (χ2v) is 6.11. The summed E-state index contributed by atoms with van der Waals surface area (Å²) >= 11 is 9.59. The van der Waals surface area contributed by atoms with Gasteiger partial charge in [-0.05, 0) is 70.2 Å². The van der Waals surface area contributed by atoms with Crippen LogP contribution in [0.4, 0.5) is 11.4 Å². The first-order valence-corrected chi connectivity index (χ1v) is 7.40. The summed E-state index contributed by atoms with van der Waals surface area (Å²) < 4.78 is 1.03. The molecule has 2 aromatic carbocycles. The van der Waals surface area contributed by atoms with Crippen molar-refractivity contribution in [2.75, 3.05) is 11.1 Å². The predicted octanol–water partition coefficient (Wildman–Crippen LogP) is 4.78. The van der Waals surface area contributed by atoms with E-state index in [9.17, 15) is 0 Å². The molecule has 0 fully saturated rings. The summed E-state index contributed by atoms with van der Waals surface area (Å²) in [4.78, 5) is 0. The van der Waals surface area contributed by atoms with Crippen molar-refractivity contribution in [1.29, 1.82) is 0 Å². The van der Waals surface area contributed by atoms with Gasteiger partial charge in [0.2, 0.25) is 0 Å². The molecule has 0 bridgehead atoms. The van der Waals surface area contributed by atoms with Crippen molar-refractivity contribution in [1.82, 2.24) is 0 Å². The van der Waals surface area contributed by atoms with E-state index in [0.29, 0.717) is 6.04 Å². The summed E-state index contributed by atoms with van der Waals surface area (Å²) in [5.41, 5.74) is 10.4. The Labute approximate surface area is 126 Å². The second kappa shape index (κ2) is 5.06. The van der Waals surface area contributed by atoms with Gasteiger partial charge in [-0.1, -0.05) is 17.7 Å². The van der Waals surface area contributed by atoms with E-state index in [1.165, 1.54) is 11.1 Å². The van der Waals surface area contributed by atoms with Crippen molar-refractivity contribution in [3.63, 3.8) is 0 Å². The van der Waals surface area contributed by atoms with Crippen molar-refractivity contribution < 1.29 is 0 Å². The van der Waals surface area contributed by atoms with Crippen LogP contribution in [0.5, 0.6) is 0 Å². The molecular weight excluding hydrogens is 324 g/mol. The molecular formula is C15H14BrClN2. The van der Waals surface area contributed by atoms with Crippen molar-refractivity contribution in [3.8, 4) is 0 Å². The third-order valence-corrected chi connectivity index (χ3v) is 4.43. The lowest BCUT2D eigenvalue weighted by molar-refractivity contribution is 0.761. The van der Waals surface area contributed by atoms with E-state index in [0.717, 1.165) is 33.7 Å². The second-order valence-electron chi connectivity index (χ2n) is 4.82. The lowest BCUT2D eigenvalue weighted by atomic mass is 10.1. The van der Waals surface area contributed by atoms with Crippen LogP contribution < -0.4 is 11.1 Å². The van der Waals surface area contributed by atoms with Gasteiger partial charge in [0.1, 0.15) is 0 Å². The number of nitrogen functional groups attached to an aromatic ring is 1. The van der Waals surface area contributed by atoms with Crippen LogP contribution >= 0.6 is 27.5 Å². The Morgan fingerprint density at radius 1 is 1.21 bits per heavy atom. The Morgan fingerprint density at radius 3 is 2.89 bits per heavy atom. The number of benzene rings is 2. The van der Waals surface area contributed by atoms with Crippen LogP contribution in [0.2, 0.25) is 5.02 Å². The lowest BCUT2D eigenvalue weighted by Gasteiger charge is -2.17. The third kappa shape index (κ3) is 2.58. The third-order valence-electron chi connectivity index (χ3n) is 3.50. The monoisotopic (exact) mass is 336 g/mol. The van der Waals surface area contributed by atoms with Crippen molar-refractivity contribution in [2.24, 2.45) is 0 Å². The molecule has 0 heterocycles. The maximum Gasteiger partial charge on any atom is 0.0520 e. The standard InChI is InChI=1S/C15H14BrClN2/c16-13-5-2-10(17)8-15(13)19-14-6-1-9-7-11(18)3-4-12(9)14/h2-5,7-8,14,19H,1,6,18H2. The smallest absolute Gasteiger partial charge is 0.0520 e. The summed E-state index contributed by atoms with van der Waals surface area (Å²) in [5, 5.41) is 4.29. The summed E-state index contributed by atoms with van der Waals surface area (Å²) in [6.07, 6.45) is 2.15. The number of hydrogen-bond donors (Lipinski definition) is 2. The molecule has 19 heavy (non-hydrogen) atoms. The lowest BCUT2D eigenvalue weighted by Crippen LogP contribution is -2.07. The molecule has 1 aliphatic rings. The maximum absolute atomic E-state index is 6.05. The number of aryl methyl sites for hydroxylation is 1. The van der Waals surface area contributed by atoms with Crippen molar-refractivity contribution in [2.45, 2.75) is 18.9 Å². The van der Waals surface area contributed by atoms with Gasteiger partial charge >= 0.3 is 0 Å². The highest BCUT2D eigenvalue weighted by Crippen LogP contribution is 2.37. The first-order chi connectivity index (χ1) is 9.13. The zero-order valence-corrected chi connectivity index (χ0v) is 12.6. The summed E-state index contributed by atoms with van der Waals surface area (Å²) in [5.74, 6) is 0. The molecule has 0 spiro atoms. The van der Waals surface area contributed by atoms with E-state index in [1.807, 2.05) is 24.3 Å². The first kappa shape index (κ1) is 12.8. The number of nitrogens with two attached hydrogens (primary N) is 1. The topological polar surface area (TPSA) is 38.0 Å². The Bertz CT molecular complexity index is 628. The predicted molar refractivity (Wildman–Crippen MR) is 84.7 cm³/mol. The van der Waals surface area contributed by atoms with Crippen molar-refractivity contribution >= 4 is 38.9 Å². The highest BCUT2D eigenvalue weighted by Gasteiger charge is 2.22. The van der Waals surface area contributed by atoms with Gasteiger partial charge in [0.15, 0.2) is 0 Å². The molecule has 4 heteroatoms. The number of anilines is 2. The Balaban J connectivity index is 1.88. The zero-order chi connectivity index (χ0) is 13.4. The fourth-order valence-electron chi connectivity index (χ4n) is 2.58. The van der Waals surface area contributed by atoms with Gasteiger partial charge in [-0.15, -0.1) is 0 Å². The highest BCUT2D eigenvalue weighted by atomic mass is 79.9. The Morgan fingerprint density at radius 2 is 2.05 bits per heavy atom. The van der Waals surface area contributed by atoms with E-state index < -0.39 is 0 Å². The Kier molecular flexibility index (Phi) is 3.42. The largest absolute Gasteiger partial charge is 0.399 e. The first-order valence-electron chi connectivity index (χ1n) is 6.23. The van der Waals surface area contributed by atoms with Gasteiger partial charge in [-0.3, -0.25) is 0 Å². The van der Waals surface area contributed by atoms with Gasteiger partial charge in [-0.2, -0.15) is 0 Å². The van der Waals surface area contributed by atoms with Crippen LogP contribution in [-0.2, 0) is 6.42 Å². The van der Waals surface area contributed by atoms with Crippen LogP contribution in [-0.4, -0.2) is 0 Å². The highest BCUT2D eigenvalue weighted by molar-refractivity contribution is 9.10. The normalized spacial score (nSPS) is 17.3. The SMILES string of the molecule is Nc1ccc2c(c1)CCC2Nc1cc(Cl)ccc1Br. The molecule has 0 saturated heterocycles. The molecule has 1 atom stereocenters. The molecule has 2 nitrogen and oxygen atoms in total. The van der Waals surface area contributed by atoms with E-state index in [4.69, 9.17) is 17.3 Å². The minimum Gasteiger partial charge on any atom is -0.399 e. The van der Waals surface area contributed by atoms with Crippen LogP contribution in [0.15, 0.2) is 40.9 Å². The van der Waals surface area contributed by atoms with E-state index in [2.05, 4.69) is 33.4 Å². The zero-order valence-electron chi connectivity index (χ0n) is 10.3. The number of rotatable bonds is 2. The van der Waals surface area contributed by atoms with Crippen molar-refractivity contribution in [3.05, 3.63) is 57.0 Å². The van der Waals surface area contributed by atoms with Crippen LogP contribution in [0.3, 0.4) is 0 Å². The molecule has 3 rings (SSSR count). The van der Waals surface area contributed by atoms with Crippen LogP contribution in [0.1, 0.15) is 23.6 Å². The molecule has 0 radical (unpaired) electrons. The quantitative estimate of drug-likeness (QED) is 0.774. The average molecular weight is 338 g/mol. The van der Waals surface area contributed by atoms with E-state index in [1.54, 1.807) is 0 Å². The number of halogens is 2. The number of nitrogens with one attached hydrogen (secondary N) is 1.